The van der Waals surface area contributed by atoms with Crippen LogP contribution >= 0.6 is 15.9 Å². The number of hydrogen-bond acceptors (Lipinski definition) is 7. The van der Waals surface area contributed by atoms with Gasteiger partial charge < -0.3 is 14.8 Å². The fourth-order valence-electron chi connectivity index (χ4n) is 3.90. The molecular formula is C26H28BrN5O3. The molecule has 1 aliphatic rings. The molecule has 182 valence electrons. The molecule has 1 aliphatic heterocycles. The Morgan fingerprint density at radius 1 is 1.23 bits per heavy atom. The molecule has 1 atom stereocenters. The predicted molar refractivity (Wildman–Crippen MR) is 137 cm³/mol. The molecule has 1 N–H and O–H groups in total. The van der Waals surface area contributed by atoms with Gasteiger partial charge in [-0.25, -0.2) is 4.79 Å². The van der Waals surface area contributed by atoms with Gasteiger partial charge in [-0.1, -0.05) is 78.7 Å². The minimum atomic E-state index is -0.644. The lowest BCUT2D eigenvalue weighted by atomic mass is 9.87. The van der Waals surface area contributed by atoms with Crippen molar-refractivity contribution < 1.29 is 14.3 Å². The largest absolute Gasteiger partial charge is 0.489 e. The van der Waals surface area contributed by atoms with Crippen molar-refractivity contribution in [2.75, 3.05) is 11.9 Å². The van der Waals surface area contributed by atoms with E-state index in [0.717, 1.165) is 15.6 Å². The lowest BCUT2D eigenvalue weighted by molar-refractivity contribution is -0.138. The number of carbonyl (C=O) groups is 1. The Kier molecular flexibility index (Phi) is 7.07. The Bertz CT molecular complexity index is 1270. The molecule has 1 aromatic heterocycles. The van der Waals surface area contributed by atoms with Gasteiger partial charge in [0.05, 0.1) is 5.57 Å². The van der Waals surface area contributed by atoms with E-state index in [1.165, 1.54) is 11.6 Å². The summed E-state index contributed by atoms with van der Waals surface area (Å²) in [5.74, 6) is 0.560. The van der Waals surface area contributed by atoms with Gasteiger partial charge in [0.2, 0.25) is 5.95 Å². The van der Waals surface area contributed by atoms with Crippen LogP contribution in [0.3, 0.4) is 0 Å². The van der Waals surface area contributed by atoms with Crippen LogP contribution < -0.4 is 10.1 Å². The highest BCUT2D eigenvalue weighted by Gasteiger charge is 2.36. The third-order valence-corrected chi connectivity index (χ3v) is 6.24. The number of halogens is 1. The number of fused-ring (bicyclic) bond motifs is 1. The Hall–Kier alpha value is -3.46. The third-order valence-electron chi connectivity index (χ3n) is 5.75. The van der Waals surface area contributed by atoms with Gasteiger partial charge in [-0.2, -0.15) is 4.68 Å². The van der Waals surface area contributed by atoms with Crippen LogP contribution in [0.4, 0.5) is 5.95 Å². The van der Waals surface area contributed by atoms with Gasteiger partial charge in [0, 0.05) is 15.7 Å². The van der Waals surface area contributed by atoms with E-state index in [1.54, 1.807) is 11.6 Å². The first-order chi connectivity index (χ1) is 16.7. The van der Waals surface area contributed by atoms with E-state index in [9.17, 15) is 4.79 Å². The summed E-state index contributed by atoms with van der Waals surface area (Å²) in [5.41, 5.74) is 4.11. The van der Waals surface area contributed by atoms with Crippen molar-refractivity contribution in [2.24, 2.45) is 0 Å². The van der Waals surface area contributed by atoms with Crippen LogP contribution in [0.1, 0.15) is 50.4 Å². The van der Waals surface area contributed by atoms with Crippen molar-refractivity contribution >= 4 is 27.8 Å². The van der Waals surface area contributed by atoms with Crippen LogP contribution in [0.15, 0.2) is 70.9 Å². The van der Waals surface area contributed by atoms with Crippen molar-refractivity contribution in [3.8, 4) is 5.75 Å². The standard InChI is InChI=1S/C26H28BrN5O3/c1-6-13-34-24(33)22-16(2)28-25-29-30-31-32(25)23(22)20-14-19(27)11-12-21(20)35-15-17-7-9-18(10-8-17)26(3,4)5/h6-12,14,23H,1,13,15H2,2-5H3,(H,28,29,31). The molecule has 0 amide bonds. The molecule has 8 nitrogen and oxygen atoms in total. The number of hydrogen-bond donors (Lipinski definition) is 1. The molecule has 0 saturated carbocycles. The molecule has 1 unspecified atom stereocenters. The minimum absolute atomic E-state index is 0.0810. The SMILES string of the molecule is C=CCOC(=O)C1=C(C)Nc2nnnn2C1c1cc(Br)ccc1OCc1ccc(C(C)(C)C)cc1. The first kappa shape index (κ1) is 24.7. The zero-order valence-corrected chi connectivity index (χ0v) is 21.8. The summed E-state index contributed by atoms with van der Waals surface area (Å²) in [6, 6.07) is 13.4. The normalized spacial score (nSPS) is 15.3. The second kappa shape index (κ2) is 10.0. The molecule has 3 aromatic rings. The first-order valence-corrected chi connectivity index (χ1v) is 12.0. The number of allylic oxidation sites excluding steroid dienone is 1. The molecule has 0 bridgehead atoms. The lowest BCUT2D eigenvalue weighted by Crippen LogP contribution is -2.30. The second-order valence-corrected chi connectivity index (χ2v) is 10.2. The predicted octanol–water partition coefficient (Wildman–Crippen LogP) is 5.33. The van der Waals surface area contributed by atoms with Crippen molar-refractivity contribution in [2.45, 2.75) is 45.8 Å². The topological polar surface area (TPSA) is 91.2 Å². The molecule has 2 heterocycles. The van der Waals surface area contributed by atoms with Crippen LogP contribution in [-0.2, 0) is 21.6 Å². The number of ether oxygens (including phenoxy) is 2. The Morgan fingerprint density at radius 2 is 1.97 bits per heavy atom. The second-order valence-electron chi connectivity index (χ2n) is 9.32. The first-order valence-electron chi connectivity index (χ1n) is 11.2. The molecule has 0 radical (unpaired) electrons. The fraction of sp³-hybridized carbons (Fsp3) is 0.308. The number of carbonyl (C=O) groups excluding carboxylic acids is 1. The number of rotatable bonds is 7. The minimum Gasteiger partial charge on any atom is -0.489 e. The number of benzene rings is 2. The highest BCUT2D eigenvalue weighted by Crippen LogP contribution is 2.40. The van der Waals surface area contributed by atoms with Gasteiger partial charge in [0.25, 0.3) is 0 Å². The molecule has 4 rings (SSSR count). The van der Waals surface area contributed by atoms with E-state index in [1.807, 2.05) is 18.2 Å². The van der Waals surface area contributed by atoms with Gasteiger partial charge in [-0.05, 0) is 52.1 Å². The van der Waals surface area contributed by atoms with Gasteiger partial charge in [-0.3, -0.25) is 0 Å². The summed E-state index contributed by atoms with van der Waals surface area (Å²) in [6.45, 7) is 12.4. The van der Waals surface area contributed by atoms with Crippen LogP contribution in [0.2, 0.25) is 0 Å². The quantitative estimate of drug-likeness (QED) is 0.321. The number of anilines is 1. The monoisotopic (exact) mass is 537 g/mol. The zero-order valence-electron chi connectivity index (χ0n) is 20.2. The lowest BCUT2D eigenvalue weighted by Gasteiger charge is -2.28. The van der Waals surface area contributed by atoms with Crippen molar-refractivity contribution in [3.05, 3.63) is 87.6 Å². The van der Waals surface area contributed by atoms with Crippen molar-refractivity contribution in [1.82, 2.24) is 20.2 Å². The van der Waals surface area contributed by atoms with E-state index in [-0.39, 0.29) is 12.0 Å². The summed E-state index contributed by atoms with van der Waals surface area (Å²) < 4.78 is 14.1. The Labute approximate surface area is 213 Å². The van der Waals surface area contributed by atoms with Crippen LogP contribution in [0, 0.1) is 0 Å². The molecule has 35 heavy (non-hydrogen) atoms. The number of tetrazole rings is 1. The molecule has 0 spiro atoms. The van der Waals surface area contributed by atoms with Crippen LogP contribution in [-0.4, -0.2) is 32.8 Å². The van der Waals surface area contributed by atoms with Crippen LogP contribution in [0.25, 0.3) is 0 Å². The van der Waals surface area contributed by atoms with E-state index in [2.05, 4.69) is 88.4 Å². The summed E-state index contributed by atoms with van der Waals surface area (Å²) in [4.78, 5) is 13.1. The maximum Gasteiger partial charge on any atom is 0.338 e. The Morgan fingerprint density at radius 3 is 2.66 bits per heavy atom. The third kappa shape index (κ3) is 5.30. The van der Waals surface area contributed by atoms with E-state index in [0.29, 0.717) is 29.6 Å². The van der Waals surface area contributed by atoms with Crippen molar-refractivity contribution in [3.63, 3.8) is 0 Å². The number of nitrogens with one attached hydrogen (secondary N) is 1. The van der Waals surface area contributed by atoms with Crippen LogP contribution in [0.5, 0.6) is 5.75 Å². The van der Waals surface area contributed by atoms with Gasteiger partial charge in [-0.15, -0.1) is 0 Å². The maximum atomic E-state index is 13.1. The van der Waals surface area contributed by atoms with E-state index >= 15 is 0 Å². The smallest absolute Gasteiger partial charge is 0.338 e. The van der Waals surface area contributed by atoms with E-state index in [4.69, 9.17) is 9.47 Å². The summed E-state index contributed by atoms with van der Waals surface area (Å²) >= 11 is 3.55. The summed E-state index contributed by atoms with van der Waals surface area (Å²) in [7, 11) is 0. The molecule has 0 saturated heterocycles. The summed E-state index contributed by atoms with van der Waals surface area (Å²) in [6.07, 6.45) is 1.53. The average Bonchev–Trinajstić information content (AvgIpc) is 3.28. The van der Waals surface area contributed by atoms with Gasteiger partial charge >= 0.3 is 5.97 Å². The maximum absolute atomic E-state index is 13.1. The van der Waals surface area contributed by atoms with E-state index < -0.39 is 12.0 Å². The van der Waals surface area contributed by atoms with Gasteiger partial charge in [0.1, 0.15) is 25.0 Å². The molecule has 2 aromatic carbocycles. The Balaban J connectivity index is 1.70. The highest BCUT2D eigenvalue weighted by atomic mass is 79.9. The molecule has 0 fully saturated rings. The average molecular weight is 538 g/mol. The number of nitrogens with zero attached hydrogens (tertiary/aromatic N) is 4. The van der Waals surface area contributed by atoms with Gasteiger partial charge in [0.15, 0.2) is 0 Å². The fourth-order valence-corrected chi connectivity index (χ4v) is 4.28. The highest BCUT2D eigenvalue weighted by molar-refractivity contribution is 9.10. The molecule has 0 aliphatic carbocycles. The molecule has 9 heteroatoms. The summed E-state index contributed by atoms with van der Waals surface area (Å²) in [5, 5.41) is 15.1. The number of esters is 1. The molecular weight excluding hydrogens is 510 g/mol. The zero-order chi connectivity index (χ0) is 25.2. The number of aromatic nitrogens is 4. The van der Waals surface area contributed by atoms with Crippen molar-refractivity contribution in [1.29, 1.82) is 0 Å².